The Hall–Kier alpha value is -7.26. The SMILES string of the molecule is C[C@@H]1O[C@@H](Oc2c(-c3cc(O)c(O)c(O)c3)oc3cc(O)cc(O)c3c2=O)[C@H](O)[C@H](O)[C@H]1O.O=c1c(OC2O[C@H](CO)[C@@H](O)[C@H](O)[C@H]2O)c(-c2ccc(O)c(O)c2)oc2cc(O)cc(O)c12. The molecular formula is C42H40O24. The maximum absolute atomic E-state index is 13.2. The lowest BCUT2D eigenvalue weighted by Crippen LogP contribution is -2.60. The number of hydrogen-bond acceptors (Lipinski definition) is 24. The Morgan fingerprint density at radius 1 is 0.500 bits per heavy atom. The smallest absolute Gasteiger partial charge is 0.239 e. The number of rotatable bonds is 7. The Morgan fingerprint density at radius 3 is 1.44 bits per heavy atom. The standard InChI is InChI=1S/2C21H20O12/c1-6-14(26)17(29)18(30)21(31-6)33-20-16(28)13-9(23)4-8(22)5-12(13)32-19(20)7-2-10(24)15(27)11(25)3-7;22-6-13-15(27)17(29)18(30)21(32-13)33-20-16(28)14-11(26)4-8(23)5-12(14)31-19(20)7-1-2-9(24)10(25)3-7/h2-6,14,17-18,21-27,29-30H,1H3;1-5,13,15,17-18,21-27,29-30H,6H2/t6-,14-,17+,18+,21-;13-,15-,17+,18-,21?/m01/s1. The molecule has 4 heterocycles. The summed E-state index contributed by atoms with van der Waals surface area (Å²) in [6, 6.07) is 9.15. The molecule has 1 unspecified atom stereocenters. The van der Waals surface area contributed by atoms with E-state index < -0.39 is 153 Å². The molecule has 0 amide bonds. The summed E-state index contributed by atoms with van der Waals surface area (Å²) in [5.41, 5.74) is -2.64. The topological polar surface area (TPSA) is 421 Å². The second-order valence-electron chi connectivity index (χ2n) is 15.0. The predicted molar refractivity (Wildman–Crippen MR) is 218 cm³/mol. The fourth-order valence-electron chi connectivity index (χ4n) is 7.04. The van der Waals surface area contributed by atoms with E-state index in [2.05, 4.69) is 0 Å². The van der Waals surface area contributed by atoms with Gasteiger partial charge in [-0.15, -0.1) is 0 Å². The van der Waals surface area contributed by atoms with Crippen LogP contribution in [0.25, 0.3) is 44.6 Å². The van der Waals surface area contributed by atoms with Gasteiger partial charge in [0.1, 0.15) is 87.7 Å². The van der Waals surface area contributed by atoms with Gasteiger partial charge in [-0.3, -0.25) is 9.59 Å². The monoisotopic (exact) mass is 928 g/mol. The van der Waals surface area contributed by atoms with Crippen LogP contribution >= 0.6 is 0 Å². The van der Waals surface area contributed by atoms with E-state index in [4.69, 9.17) is 27.8 Å². The van der Waals surface area contributed by atoms with E-state index in [9.17, 15) is 91.3 Å². The maximum Gasteiger partial charge on any atom is 0.239 e. The molecule has 24 heteroatoms. The molecule has 16 N–H and O–H groups in total. The van der Waals surface area contributed by atoms with Gasteiger partial charge in [0.05, 0.1) is 12.7 Å². The molecule has 8 rings (SSSR count). The van der Waals surface area contributed by atoms with E-state index in [-0.39, 0.29) is 33.4 Å². The summed E-state index contributed by atoms with van der Waals surface area (Å²) >= 11 is 0. The molecule has 66 heavy (non-hydrogen) atoms. The zero-order chi connectivity index (χ0) is 48.2. The Bertz CT molecular complexity index is 2900. The molecule has 6 aromatic rings. The molecule has 0 spiro atoms. The van der Waals surface area contributed by atoms with Gasteiger partial charge in [-0.25, -0.2) is 0 Å². The Balaban J connectivity index is 0.000000196. The lowest BCUT2D eigenvalue weighted by atomic mass is 9.99. The van der Waals surface area contributed by atoms with Crippen molar-refractivity contribution in [3.8, 4) is 85.9 Å². The van der Waals surface area contributed by atoms with Gasteiger partial charge < -0.3 is 109 Å². The van der Waals surface area contributed by atoms with Crippen LogP contribution in [0.3, 0.4) is 0 Å². The zero-order valence-corrected chi connectivity index (χ0v) is 33.6. The van der Waals surface area contributed by atoms with Gasteiger partial charge in [-0.2, -0.15) is 0 Å². The number of phenolic OH excluding ortho intramolecular Hbond substituents is 9. The Labute approximate surface area is 366 Å². The number of fused-ring (bicyclic) bond motifs is 2. The molecule has 2 saturated heterocycles. The molecule has 2 aliphatic heterocycles. The second-order valence-corrected chi connectivity index (χ2v) is 15.0. The van der Waals surface area contributed by atoms with Crippen LogP contribution in [0.4, 0.5) is 0 Å². The van der Waals surface area contributed by atoms with Crippen molar-refractivity contribution < 1.29 is 109 Å². The summed E-state index contributed by atoms with van der Waals surface area (Å²) in [5.74, 6) is -7.60. The first-order chi connectivity index (χ1) is 31.1. The molecule has 24 nitrogen and oxygen atoms in total. The molecule has 10 atom stereocenters. The minimum Gasteiger partial charge on any atom is -0.508 e. The van der Waals surface area contributed by atoms with Crippen molar-refractivity contribution >= 4 is 21.9 Å². The summed E-state index contributed by atoms with van der Waals surface area (Å²) in [6.07, 6.45) is -16.0. The highest BCUT2D eigenvalue weighted by Crippen LogP contribution is 2.44. The van der Waals surface area contributed by atoms with Gasteiger partial charge in [0.15, 0.2) is 40.3 Å². The highest BCUT2D eigenvalue weighted by molar-refractivity contribution is 5.89. The van der Waals surface area contributed by atoms with Crippen LogP contribution in [0.1, 0.15) is 6.92 Å². The third kappa shape index (κ3) is 8.53. The average Bonchev–Trinajstić information content (AvgIpc) is 3.26. The first-order valence-electron chi connectivity index (χ1n) is 19.3. The highest BCUT2D eigenvalue weighted by Gasteiger charge is 2.46. The van der Waals surface area contributed by atoms with Gasteiger partial charge in [0.2, 0.25) is 34.9 Å². The molecule has 2 aromatic heterocycles. The largest absolute Gasteiger partial charge is 0.508 e. The van der Waals surface area contributed by atoms with Crippen LogP contribution in [-0.4, -0.2) is 150 Å². The molecule has 4 aromatic carbocycles. The number of aliphatic hydroxyl groups excluding tert-OH is 7. The number of aliphatic hydroxyl groups is 7. The van der Waals surface area contributed by atoms with Crippen LogP contribution in [0.5, 0.6) is 63.2 Å². The van der Waals surface area contributed by atoms with E-state index >= 15 is 0 Å². The number of benzene rings is 4. The predicted octanol–water partition coefficient (Wildman–Crippen LogP) is -0.345. The van der Waals surface area contributed by atoms with Gasteiger partial charge in [0.25, 0.3) is 0 Å². The van der Waals surface area contributed by atoms with Gasteiger partial charge in [0, 0.05) is 35.4 Å². The quantitative estimate of drug-likeness (QED) is 0.0910. The molecule has 2 aliphatic rings. The Kier molecular flexibility index (Phi) is 12.7. The van der Waals surface area contributed by atoms with Crippen molar-refractivity contribution in [2.75, 3.05) is 6.61 Å². The number of ether oxygens (including phenoxy) is 4. The first-order valence-corrected chi connectivity index (χ1v) is 19.3. The van der Waals surface area contributed by atoms with E-state index in [1.54, 1.807) is 0 Å². The maximum atomic E-state index is 13.2. The lowest BCUT2D eigenvalue weighted by Gasteiger charge is -2.39. The van der Waals surface area contributed by atoms with E-state index in [1.165, 1.54) is 13.0 Å². The summed E-state index contributed by atoms with van der Waals surface area (Å²) in [7, 11) is 0. The number of aromatic hydroxyl groups is 9. The van der Waals surface area contributed by atoms with Crippen molar-refractivity contribution in [1.29, 1.82) is 0 Å². The van der Waals surface area contributed by atoms with Crippen molar-refractivity contribution in [3.05, 3.63) is 75.0 Å². The third-order valence-corrected chi connectivity index (χ3v) is 10.5. The molecule has 0 bridgehead atoms. The van der Waals surface area contributed by atoms with Crippen LogP contribution < -0.4 is 20.3 Å². The van der Waals surface area contributed by atoms with E-state index in [0.717, 1.165) is 48.5 Å². The minimum absolute atomic E-state index is 0.0201. The molecular weight excluding hydrogens is 888 g/mol. The van der Waals surface area contributed by atoms with Gasteiger partial charge in [-0.1, -0.05) is 0 Å². The molecule has 0 aliphatic carbocycles. The fourth-order valence-corrected chi connectivity index (χ4v) is 7.04. The van der Waals surface area contributed by atoms with Crippen LogP contribution in [0.2, 0.25) is 0 Å². The van der Waals surface area contributed by atoms with E-state index in [1.807, 2.05) is 0 Å². The molecule has 352 valence electrons. The summed E-state index contributed by atoms with van der Waals surface area (Å²) < 4.78 is 33.0. The number of phenols is 9. The van der Waals surface area contributed by atoms with Crippen molar-refractivity contribution in [2.45, 2.75) is 68.3 Å². The summed E-state index contributed by atoms with van der Waals surface area (Å²) in [6.45, 7) is 0.653. The third-order valence-electron chi connectivity index (χ3n) is 10.5. The van der Waals surface area contributed by atoms with Crippen LogP contribution in [0.15, 0.2) is 73.0 Å². The number of hydrogen-bond donors (Lipinski definition) is 16. The molecule has 2 fully saturated rings. The van der Waals surface area contributed by atoms with Gasteiger partial charge >= 0.3 is 0 Å². The summed E-state index contributed by atoms with van der Waals surface area (Å²) in [5, 5.41) is 158. The minimum atomic E-state index is -1.85. The summed E-state index contributed by atoms with van der Waals surface area (Å²) in [4.78, 5) is 26.5. The molecule has 0 saturated carbocycles. The highest BCUT2D eigenvalue weighted by atomic mass is 16.7. The average molecular weight is 929 g/mol. The molecule has 0 radical (unpaired) electrons. The zero-order valence-electron chi connectivity index (χ0n) is 33.6. The normalized spacial score (nSPS) is 25.3. The first kappa shape index (κ1) is 46.7. The second kappa shape index (κ2) is 18.0. The van der Waals surface area contributed by atoms with Crippen LogP contribution in [0, 0.1) is 0 Å². The van der Waals surface area contributed by atoms with Crippen molar-refractivity contribution in [3.63, 3.8) is 0 Å². The fraction of sp³-hybridized carbons (Fsp3) is 0.286. The van der Waals surface area contributed by atoms with E-state index in [0.29, 0.717) is 0 Å². The lowest BCUT2D eigenvalue weighted by molar-refractivity contribution is -0.277. The van der Waals surface area contributed by atoms with Crippen molar-refractivity contribution in [2.24, 2.45) is 0 Å². The van der Waals surface area contributed by atoms with Crippen LogP contribution in [-0.2, 0) is 9.47 Å². The van der Waals surface area contributed by atoms with Crippen molar-refractivity contribution in [1.82, 2.24) is 0 Å². The Morgan fingerprint density at radius 2 is 0.955 bits per heavy atom. The van der Waals surface area contributed by atoms with Gasteiger partial charge in [-0.05, 0) is 37.3 Å².